The summed E-state index contributed by atoms with van der Waals surface area (Å²) in [6, 6.07) is 11.3. The number of nitrogens with zero attached hydrogens (tertiary/aromatic N) is 1. The van der Waals surface area contributed by atoms with Crippen LogP contribution in [0.5, 0.6) is 11.5 Å². The number of carbonyl (C=O) groups is 1. The number of benzene rings is 2. The van der Waals surface area contributed by atoms with Crippen molar-refractivity contribution in [2.75, 3.05) is 13.7 Å². The van der Waals surface area contributed by atoms with Crippen LogP contribution in [0.3, 0.4) is 0 Å². The summed E-state index contributed by atoms with van der Waals surface area (Å²) in [7, 11) is 1.53. The Kier molecular flexibility index (Phi) is 5.99. The van der Waals surface area contributed by atoms with Gasteiger partial charge in [0.05, 0.1) is 18.7 Å². The highest BCUT2D eigenvalue weighted by atomic mass is 35.5. The lowest BCUT2D eigenvalue weighted by Crippen LogP contribution is -2.11. The molecular formula is C23H24ClNO4. The van der Waals surface area contributed by atoms with E-state index in [-0.39, 0.29) is 17.0 Å². The summed E-state index contributed by atoms with van der Waals surface area (Å²) in [5.74, 6) is 0.728. The van der Waals surface area contributed by atoms with Crippen LogP contribution in [0, 0.1) is 0 Å². The fourth-order valence-corrected chi connectivity index (χ4v) is 3.23. The Morgan fingerprint density at radius 3 is 2.45 bits per heavy atom. The van der Waals surface area contributed by atoms with Gasteiger partial charge in [-0.05, 0) is 53.8 Å². The minimum atomic E-state index is -0.509. The van der Waals surface area contributed by atoms with Gasteiger partial charge in [0.1, 0.15) is 0 Å². The van der Waals surface area contributed by atoms with Crippen LogP contribution >= 0.6 is 11.6 Å². The number of rotatable bonds is 5. The number of cyclic esters (lactones) is 1. The van der Waals surface area contributed by atoms with Crippen molar-refractivity contribution < 1.29 is 19.0 Å². The second-order valence-electron chi connectivity index (χ2n) is 7.63. The van der Waals surface area contributed by atoms with E-state index in [1.807, 2.05) is 31.2 Å². The average Bonchev–Trinajstić information content (AvgIpc) is 3.02. The van der Waals surface area contributed by atoms with Gasteiger partial charge in [-0.1, -0.05) is 44.5 Å². The Balaban J connectivity index is 1.93. The van der Waals surface area contributed by atoms with Crippen LogP contribution in [0.4, 0.5) is 0 Å². The van der Waals surface area contributed by atoms with Crippen molar-refractivity contribution in [1.82, 2.24) is 0 Å². The molecule has 0 spiro atoms. The Morgan fingerprint density at radius 1 is 1.17 bits per heavy atom. The van der Waals surface area contributed by atoms with Crippen molar-refractivity contribution in [2.45, 2.75) is 33.1 Å². The van der Waals surface area contributed by atoms with Gasteiger partial charge in [0.25, 0.3) is 0 Å². The maximum Gasteiger partial charge on any atom is 0.363 e. The van der Waals surface area contributed by atoms with Crippen molar-refractivity contribution in [3.63, 3.8) is 0 Å². The number of aliphatic imine (C=N–C) groups is 1. The monoisotopic (exact) mass is 413 g/mol. The number of ether oxygens (including phenoxy) is 3. The highest BCUT2D eigenvalue weighted by Gasteiger charge is 2.25. The van der Waals surface area contributed by atoms with Crippen LogP contribution in [0.15, 0.2) is 47.1 Å². The van der Waals surface area contributed by atoms with Crippen LogP contribution in [0.25, 0.3) is 6.08 Å². The predicted octanol–water partition coefficient (Wildman–Crippen LogP) is 5.39. The molecule has 1 heterocycles. The van der Waals surface area contributed by atoms with Gasteiger partial charge in [-0.15, -0.1) is 0 Å². The van der Waals surface area contributed by atoms with Gasteiger partial charge in [0.15, 0.2) is 17.2 Å². The molecule has 0 amide bonds. The van der Waals surface area contributed by atoms with E-state index in [2.05, 4.69) is 25.8 Å². The summed E-state index contributed by atoms with van der Waals surface area (Å²) >= 11 is 6.28. The highest BCUT2D eigenvalue weighted by Crippen LogP contribution is 2.37. The molecule has 0 aromatic heterocycles. The fraction of sp³-hybridized carbons (Fsp3) is 0.304. The number of hydrogen-bond acceptors (Lipinski definition) is 5. The van der Waals surface area contributed by atoms with E-state index in [0.717, 1.165) is 5.56 Å². The first-order valence-corrected chi connectivity index (χ1v) is 9.74. The fourth-order valence-electron chi connectivity index (χ4n) is 2.94. The van der Waals surface area contributed by atoms with E-state index in [0.29, 0.717) is 28.7 Å². The minimum absolute atomic E-state index is 0.0453. The van der Waals surface area contributed by atoms with Crippen LogP contribution in [-0.4, -0.2) is 25.6 Å². The molecule has 0 bridgehead atoms. The molecule has 6 heteroatoms. The van der Waals surface area contributed by atoms with Crippen molar-refractivity contribution in [3.05, 3.63) is 63.8 Å². The van der Waals surface area contributed by atoms with Crippen molar-refractivity contribution in [3.8, 4) is 11.5 Å². The summed E-state index contributed by atoms with van der Waals surface area (Å²) < 4.78 is 16.2. The molecule has 1 aliphatic heterocycles. The standard InChI is InChI=1S/C23H24ClNO4/c1-6-28-19-13-14(11-17(24)20(19)27-5)12-18-22(26)29-21(25-18)15-7-9-16(10-8-15)23(2,3)4/h7-13H,6H2,1-5H3/b18-12-. The van der Waals surface area contributed by atoms with Gasteiger partial charge in [-0.3, -0.25) is 0 Å². The van der Waals surface area contributed by atoms with Gasteiger partial charge >= 0.3 is 5.97 Å². The molecule has 2 aromatic rings. The smallest absolute Gasteiger partial charge is 0.363 e. The first kappa shape index (κ1) is 20.9. The molecule has 3 rings (SSSR count). The summed E-state index contributed by atoms with van der Waals surface area (Å²) in [5, 5.41) is 0.388. The number of esters is 1. The lowest BCUT2D eigenvalue weighted by atomic mass is 9.87. The SMILES string of the molecule is CCOc1cc(/C=C2\N=C(c3ccc(C(C)(C)C)cc3)OC2=O)cc(Cl)c1OC. The molecule has 0 aliphatic carbocycles. The molecule has 0 saturated carbocycles. The molecule has 29 heavy (non-hydrogen) atoms. The first-order chi connectivity index (χ1) is 13.7. The summed E-state index contributed by atoms with van der Waals surface area (Å²) in [4.78, 5) is 16.7. The molecular weight excluding hydrogens is 390 g/mol. The van der Waals surface area contributed by atoms with Gasteiger partial charge < -0.3 is 14.2 Å². The van der Waals surface area contributed by atoms with Gasteiger partial charge in [0.2, 0.25) is 5.90 Å². The largest absolute Gasteiger partial charge is 0.491 e. The van der Waals surface area contributed by atoms with Crippen molar-refractivity contribution in [1.29, 1.82) is 0 Å². The molecule has 0 unspecified atom stereocenters. The average molecular weight is 414 g/mol. The minimum Gasteiger partial charge on any atom is -0.491 e. The predicted molar refractivity (Wildman–Crippen MR) is 115 cm³/mol. The molecule has 0 saturated heterocycles. The molecule has 0 fully saturated rings. The molecule has 1 aliphatic rings. The zero-order chi connectivity index (χ0) is 21.2. The molecule has 2 aromatic carbocycles. The Hall–Kier alpha value is -2.79. The third-order valence-electron chi connectivity index (χ3n) is 4.46. The number of hydrogen-bond donors (Lipinski definition) is 0. The Morgan fingerprint density at radius 2 is 1.86 bits per heavy atom. The normalized spacial score (nSPS) is 15.3. The zero-order valence-electron chi connectivity index (χ0n) is 17.2. The number of halogens is 1. The summed E-state index contributed by atoms with van der Waals surface area (Å²) in [6.45, 7) is 8.77. The second kappa shape index (κ2) is 8.29. The van der Waals surface area contributed by atoms with E-state index in [9.17, 15) is 4.79 Å². The Labute approximate surface area is 176 Å². The zero-order valence-corrected chi connectivity index (χ0v) is 18.0. The van der Waals surface area contributed by atoms with E-state index in [1.54, 1.807) is 18.2 Å². The summed E-state index contributed by atoms with van der Waals surface area (Å²) in [6.07, 6.45) is 1.62. The van der Waals surface area contributed by atoms with Crippen LogP contribution in [-0.2, 0) is 14.9 Å². The first-order valence-electron chi connectivity index (χ1n) is 9.36. The van der Waals surface area contributed by atoms with Gasteiger partial charge in [0, 0.05) is 5.56 Å². The molecule has 0 atom stereocenters. The van der Waals surface area contributed by atoms with E-state index in [1.165, 1.54) is 12.7 Å². The highest BCUT2D eigenvalue weighted by molar-refractivity contribution is 6.32. The van der Waals surface area contributed by atoms with Gasteiger partial charge in [-0.25, -0.2) is 9.79 Å². The van der Waals surface area contributed by atoms with E-state index in [4.69, 9.17) is 25.8 Å². The van der Waals surface area contributed by atoms with E-state index >= 15 is 0 Å². The van der Waals surface area contributed by atoms with Crippen LogP contribution < -0.4 is 9.47 Å². The Bertz CT molecular complexity index is 985. The maximum atomic E-state index is 12.3. The van der Waals surface area contributed by atoms with Crippen molar-refractivity contribution >= 4 is 29.5 Å². The topological polar surface area (TPSA) is 57.1 Å². The molecule has 5 nitrogen and oxygen atoms in total. The second-order valence-corrected chi connectivity index (χ2v) is 8.04. The molecule has 152 valence electrons. The number of carbonyl (C=O) groups excluding carboxylic acids is 1. The van der Waals surface area contributed by atoms with Crippen molar-refractivity contribution in [2.24, 2.45) is 4.99 Å². The third kappa shape index (κ3) is 4.62. The summed E-state index contributed by atoms with van der Waals surface area (Å²) in [5.41, 5.74) is 2.85. The lowest BCUT2D eigenvalue weighted by Gasteiger charge is -2.18. The van der Waals surface area contributed by atoms with E-state index < -0.39 is 5.97 Å². The van der Waals surface area contributed by atoms with Gasteiger partial charge in [-0.2, -0.15) is 0 Å². The van der Waals surface area contributed by atoms with Crippen LogP contribution in [0.1, 0.15) is 44.4 Å². The lowest BCUT2D eigenvalue weighted by molar-refractivity contribution is -0.129. The molecule has 0 radical (unpaired) electrons. The maximum absolute atomic E-state index is 12.3. The quantitative estimate of drug-likeness (QED) is 0.487. The third-order valence-corrected chi connectivity index (χ3v) is 4.74. The molecule has 0 N–H and O–H groups in total. The number of methoxy groups -OCH3 is 1. The van der Waals surface area contributed by atoms with Crippen LogP contribution in [0.2, 0.25) is 5.02 Å².